The van der Waals surface area contributed by atoms with Crippen molar-refractivity contribution in [2.45, 2.75) is 25.1 Å². The Kier molecular flexibility index (Phi) is 5.68. The van der Waals surface area contributed by atoms with Crippen LogP contribution in [0.2, 0.25) is 0 Å². The van der Waals surface area contributed by atoms with Gasteiger partial charge in [-0.1, -0.05) is 12.1 Å². The minimum Gasteiger partial charge on any atom is -0.453 e. The van der Waals surface area contributed by atoms with E-state index < -0.39 is 17.8 Å². The third-order valence-corrected chi connectivity index (χ3v) is 5.16. The SMILES string of the molecule is COC(=O)Nc1cccc2c(-c3nc(NC[C@@H]4CCCN4)ncc3C(F)(F)F)c[nH]c12. The molecule has 1 aliphatic heterocycles. The first-order valence-electron chi connectivity index (χ1n) is 9.73. The van der Waals surface area contributed by atoms with Crippen LogP contribution < -0.4 is 16.0 Å². The molecule has 0 spiro atoms. The largest absolute Gasteiger partial charge is 0.453 e. The Morgan fingerprint density at radius 3 is 2.90 bits per heavy atom. The number of ether oxygens (including phenoxy) is 1. The first kappa shape index (κ1) is 20.9. The summed E-state index contributed by atoms with van der Waals surface area (Å²) in [5.74, 6) is 0.120. The molecule has 2 aromatic heterocycles. The molecule has 1 aliphatic rings. The highest BCUT2D eigenvalue weighted by molar-refractivity contribution is 6.04. The third-order valence-electron chi connectivity index (χ3n) is 5.16. The van der Waals surface area contributed by atoms with Gasteiger partial charge in [-0.25, -0.2) is 14.8 Å². The maximum Gasteiger partial charge on any atom is 0.419 e. The van der Waals surface area contributed by atoms with E-state index in [9.17, 15) is 18.0 Å². The predicted octanol–water partition coefficient (Wildman–Crippen LogP) is 3.99. The zero-order valence-electron chi connectivity index (χ0n) is 16.6. The van der Waals surface area contributed by atoms with E-state index in [2.05, 4.69) is 35.6 Å². The number of alkyl halides is 3. The van der Waals surface area contributed by atoms with Gasteiger partial charge in [-0.15, -0.1) is 0 Å². The van der Waals surface area contributed by atoms with Gasteiger partial charge in [0.05, 0.1) is 24.0 Å². The molecular weight excluding hydrogens is 413 g/mol. The quantitative estimate of drug-likeness (QED) is 0.484. The Labute approximate surface area is 175 Å². The summed E-state index contributed by atoms with van der Waals surface area (Å²) < 4.78 is 45.7. The zero-order chi connectivity index (χ0) is 22.0. The van der Waals surface area contributed by atoms with Gasteiger partial charge < -0.3 is 20.4 Å². The van der Waals surface area contributed by atoms with Crippen LogP contribution in [-0.2, 0) is 10.9 Å². The average molecular weight is 434 g/mol. The van der Waals surface area contributed by atoms with Gasteiger partial charge in [0.1, 0.15) is 5.56 Å². The Morgan fingerprint density at radius 1 is 1.35 bits per heavy atom. The number of aromatic nitrogens is 3. The van der Waals surface area contributed by atoms with Crippen molar-refractivity contribution in [3.05, 3.63) is 36.2 Å². The summed E-state index contributed by atoms with van der Waals surface area (Å²) in [5.41, 5.74) is -0.0985. The molecule has 31 heavy (non-hydrogen) atoms. The maximum atomic E-state index is 13.7. The van der Waals surface area contributed by atoms with Crippen molar-refractivity contribution in [1.82, 2.24) is 20.3 Å². The van der Waals surface area contributed by atoms with E-state index in [1.807, 2.05) is 0 Å². The van der Waals surface area contributed by atoms with Crippen LogP contribution in [-0.4, -0.2) is 47.3 Å². The van der Waals surface area contributed by atoms with Gasteiger partial charge in [0.15, 0.2) is 0 Å². The summed E-state index contributed by atoms with van der Waals surface area (Å²) in [6, 6.07) is 5.13. The van der Waals surface area contributed by atoms with Crippen molar-refractivity contribution < 1.29 is 22.7 Å². The minimum absolute atomic E-state index is 0.120. The Bertz CT molecular complexity index is 1090. The summed E-state index contributed by atoms with van der Waals surface area (Å²) in [7, 11) is 1.22. The highest BCUT2D eigenvalue weighted by Gasteiger charge is 2.36. The lowest BCUT2D eigenvalue weighted by Gasteiger charge is -2.15. The van der Waals surface area contributed by atoms with Gasteiger partial charge in [-0.05, 0) is 25.5 Å². The topological polar surface area (TPSA) is 104 Å². The molecule has 1 atom stereocenters. The number of rotatable bonds is 5. The fourth-order valence-corrected chi connectivity index (χ4v) is 3.64. The van der Waals surface area contributed by atoms with Gasteiger partial charge in [0, 0.05) is 35.9 Å². The molecule has 1 aromatic carbocycles. The third kappa shape index (κ3) is 4.41. The molecule has 3 heterocycles. The molecule has 0 saturated carbocycles. The lowest BCUT2D eigenvalue weighted by atomic mass is 10.1. The van der Waals surface area contributed by atoms with E-state index in [1.54, 1.807) is 18.2 Å². The fourth-order valence-electron chi connectivity index (χ4n) is 3.64. The number of halogens is 3. The molecule has 3 aromatic rings. The number of benzene rings is 1. The van der Waals surface area contributed by atoms with E-state index in [0.29, 0.717) is 23.1 Å². The highest BCUT2D eigenvalue weighted by Crippen LogP contribution is 2.39. The van der Waals surface area contributed by atoms with Crippen LogP contribution in [0.4, 0.5) is 29.6 Å². The number of hydrogen-bond acceptors (Lipinski definition) is 6. The van der Waals surface area contributed by atoms with E-state index >= 15 is 0 Å². The maximum absolute atomic E-state index is 13.7. The van der Waals surface area contributed by atoms with Crippen LogP contribution in [0.15, 0.2) is 30.6 Å². The summed E-state index contributed by atoms with van der Waals surface area (Å²) in [6.45, 7) is 1.44. The average Bonchev–Trinajstić information content (AvgIpc) is 3.41. The van der Waals surface area contributed by atoms with Crippen molar-refractivity contribution in [1.29, 1.82) is 0 Å². The summed E-state index contributed by atoms with van der Waals surface area (Å²) in [5, 5.41) is 9.35. The van der Waals surface area contributed by atoms with Gasteiger partial charge in [0.2, 0.25) is 5.95 Å². The van der Waals surface area contributed by atoms with E-state index in [1.165, 1.54) is 13.3 Å². The molecule has 1 fully saturated rings. The van der Waals surface area contributed by atoms with Crippen LogP contribution in [0.1, 0.15) is 18.4 Å². The molecule has 0 radical (unpaired) electrons. The van der Waals surface area contributed by atoms with Gasteiger partial charge in [0.25, 0.3) is 0 Å². The van der Waals surface area contributed by atoms with Crippen molar-refractivity contribution >= 4 is 28.6 Å². The monoisotopic (exact) mass is 434 g/mol. The number of aromatic amines is 1. The first-order chi connectivity index (χ1) is 14.9. The van der Waals surface area contributed by atoms with Gasteiger partial charge >= 0.3 is 12.3 Å². The number of H-pyrrole nitrogens is 1. The predicted molar refractivity (Wildman–Crippen MR) is 110 cm³/mol. The van der Waals surface area contributed by atoms with Crippen molar-refractivity contribution in [2.24, 2.45) is 0 Å². The Hall–Kier alpha value is -3.34. The number of nitrogens with one attached hydrogen (secondary N) is 4. The number of para-hydroxylation sites is 1. The lowest BCUT2D eigenvalue weighted by molar-refractivity contribution is -0.137. The number of carbonyl (C=O) groups is 1. The highest BCUT2D eigenvalue weighted by atomic mass is 19.4. The summed E-state index contributed by atoms with van der Waals surface area (Å²) in [6.07, 6.45) is -1.04. The minimum atomic E-state index is -4.63. The summed E-state index contributed by atoms with van der Waals surface area (Å²) >= 11 is 0. The number of carbonyl (C=O) groups excluding carboxylic acids is 1. The molecular formula is C20H21F3N6O2. The van der Waals surface area contributed by atoms with Crippen LogP contribution in [0.5, 0.6) is 0 Å². The van der Waals surface area contributed by atoms with Crippen LogP contribution in [0.3, 0.4) is 0 Å². The molecule has 1 amide bonds. The number of hydrogen-bond donors (Lipinski definition) is 4. The smallest absolute Gasteiger partial charge is 0.419 e. The second kappa shape index (κ2) is 8.42. The van der Waals surface area contributed by atoms with Gasteiger partial charge in [-0.3, -0.25) is 5.32 Å². The second-order valence-electron chi connectivity index (χ2n) is 7.17. The zero-order valence-corrected chi connectivity index (χ0v) is 16.6. The molecule has 4 N–H and O–H groups in total. The van der Waals surface area contributed by atoms with Crippen molar-refractivity contribution in [3.8, 4) is 11.3 Å². The molecule has 4 rings (SSSR count). The normalized spacial score (nSPS) is 16.5. The Morgan fingerprint density at radius 2 is 2.19 bits per heavy atom. The van der Waals surface area contributed by atoms with Crippen LogP contribution in [0.25, 0.3) is 22.2 Å². The lowest BCUT2D eigenvalue weighted by Crippen LogP contribution is -2.29. The van der Waals surface area contributed by atoms with Crippen molar-refractivity contribution in [2.75, 3.05) is 30.8 Å². The molecule has 0 aliphatic carbocycles. The first-order valence-corrected chi connectivity index (χ1v) is 9.73. The molecule has 1 saturated heterocycles. The van der Waals surface area contributed by atoms with E-state index in [0.717, 1.165) is 25.6 Å². The number of methoxy groups -OCH3 is 1. The molecule has 0 bridgehead atoms. The summed E-state index contributed by atoms with van der Waals surface area (Å²) in [4.78, 5) is 22.6. The van der Waals surface area contributed by atoms with E-state index in [-0.39, 0.29) is 23.2 Å². The fraction of sp³-hybridized carbons (Fsp3) is 0.350. The second-order valence-corrected chi connectivity index (χ2v) is 7.17. The van der Waals surface area contributed by atoms with Crippen LogP contribution in [0, 0.1) is 0 Å². The standard InChI is InChI=1S/C20H21F3N6O2/c1-31-19(30)28-15-6-2-5-12-13(9-25-17(12)15)16-14(20(21,22)23)10-27-18(29-16)26-8-11-4-3-7-24-11/h2,5-6,9-11,24-25H,3-4,7-8H2,1H3,(H,28,30)(H,26,27,29)/t11-/m0/s1. The van der Waals surface area contributed by atoms with Gasteiger partial charge in [-0.2, -0.15) is 13.2 Å². The molecule has 11 heteroatoms. The van der Waals surface area contributed by atoms with Crippen LogP contribution >= 0.6 is 0 Å². The number of anilines is 2. The molecule has 0 unspecified atom stereocenters. The number of amides is 1. The number of fused-ring (bicyclic) bond motifs is 1. The molecule has 8 nitrogen and oxygen atoms in total. The Balaban J connectivity index is 1.74. The van der Waals surface area contributed by atoms with E-state index in [4.69, 9.17) is 0 Å². The number of nitrogens with zero attached hydrogens (tertiary/aromatic N) is 2. The molecule has 164 valence electrons. The van der Waals surface area contributed by atoms with Crippen molar-refractivity contribution in [3.63, 3.8) is 0 Å².